The van der Waals surface area contributed by atoms with Gasteiger partial charge in [0.05, 0.1) is 11.4 Å². The molecule has 1 saturated heterocycles. The summed E-state index contributed by atoms with van der Waals surface area (Å²) < 4.78 is 58.8. The molecule has 1 aromatic carbocycles. The fourth-order valence-corrected chi connectivity index (χ4v) is 2.62. The van der Waals surface area contributed by atoms with Crippen LogP contribution in [0.1, 0.15) is 24.6 Å². The first-order valence-corrected chi connectivity index (χ1v) is 7.06. The van der Waals surface area contributed by atoms with Gasteiger partial charge in [-0.05, 0) is 30.7 Å². The summed E-state index contributed by atoms with van der Waals surface area (Å²) in [4.78, 5) is 4.08. The first-order valence-electron chi connectivity index (χ1n) is 7.06. The summed E-state index contributed by atoms with van der Waals surface area (Å²) >= 11 is 0. The summed E-state index contributed by atoms with van der Waals surface area (Å²) in [6, 6.07) is 4.49. The van der Waals surface area contributed by atoms with Gasteiger partial charge in [-0.1, -0.05) is 0 Å². The lowest BCUT2D eigenvalue weighted by molar-refractivity contribution is -0.146. The van der Waals surface area contributed by atoms with Crippen molar-refractivity contribution in [1.29, 1.82) is 0 Å². The summed E-state index contributed by atoms with van der Waals surface area (Å²) in [5.41, 5.74) is 6.63. The first-order chi connectivity index (χ1) is 10.9. The molecule has 1 aliphatic heterocycles. The summed E-state index contributed by atoms with van der Waals surface area (Å²) in [6.45, 7) is -0.711. The van der Waals surface area contributed by atoms with Gasteiger partial charge in [-0.15, -0.1) is 0 Å². The smallest absolute Gasteiger partial charge is 0.271 e. The fourth-order valence-electron chi connectivity index (χ4n) is 2.62. The minimum Gasteiger partial charge on any atom is -0.397 e. The van der Waals surface area contributed by atoms with Crippen LogP contribution < -0.4 is 5.73 Å². The highest BCUT2D eigenvalue weighted by molar-refractivity contribution is 5.78. The summed E-state index contributed by atoms with van der Waals surface area (Å²) in [5, 5.41) is 0. The molecule has 122 valence electrons. The number of aromatic nitrogens is 1. The number of nitrogens with zero attached hydrogens (tertiary/aromatic N) is 1. The molecule has 0 spiro atoms. The van der Waals surface area contributed by atoms with Gasteiger partial charge in [-0.3, -0.25) is 4.98 Å². The predicted octanol–water partition coefficient (Wildman–Crippen LogP) is 4.10. The Balaban J connectivity index is 1.98. The van der Waals surface area contributed by atoms with E-state index in [1.54, 1.807) is 0 Å². The average molecular weight is 326 g/mol. The van der Waals surface area contributed by atoms with Gasteiger partial charge in [0.15, 0.2) is 0 Å². The van der Waals surface area contributed by atoms with E-state index < -0.39 is 30.3 Å². The second kappa shape index (κ2) is 5.81. The summed E-state index contributed by atoms with van der Waals surface area (Å²) in [7, 11) is 0. The van der Waals surface area contributed by atoms with Crippen molar-refractivity contribution < 1.29 is 22.3 Å². The van der Waals surface area contributed by atoms with Crippen molar-refractivity contribution >= 4 is 5.69 Å². The lowest BCUT2D eigenvalue weighted by atomic mass is 9.98. The van der Waals surface area contributed by atoms with Crippen molar-refractivity contribution in [3.05, 3.63) is 47.8 Å². The van der Waals surface area contributed by atoms with Crippen molar-refractivity contribution in [1.82, 2.24) is 4.98 Å². The van der Waals surface area contributed by atoms with E-state index >= 15 is 0 Å². The highest BCUT2D eigenvalue weighted by Gasteiger charge is 2.37. The SMILES string of the molecule is Nc1c(-c2cc(F)ccc2F)ccnc1[C@H]1CCC(F)(F)CO1. The molecule has 1 aliphatic rings. The molecule has 2 N–H and O–H groups in total. The Morgan fingerprint density at radius 3 is 2.65 bits per heavy atom. The van der Waals surface area contributed by atoms with Gasteiger partial charge in [0, 0.05) is 23.7 Å². The number of hydrogen-bond acceptors (Lipinski definition) is 3. The normalized spacial score (nSPS) is 20.4. The molecule has 3 nitrogen and oxygen atoms in total. The summed E-state index contributed by atoms with van der Waals surface area (Å²) in [6.07, 6.45) is 0.407. The maximum Gasteiger partial charge on any atom is 0.271 e. The van der Waals surface area contributed by atoms with Crippen LogP contribution in [-0.2, 0) is 4.74 Å². The van der Waals surface area contributed by atoms with Gasteiger partial charge < -0.3 is 10.5 Å². The van der Waals surface area contributed by atoms with Gasteiger partial charge in [0.1, 0.15) is 24.3 Å². The first kappa shape index (κ1) is 15.7. The minimum atomic E-state index is -2.86. The van der Waals surface area contributed by atoms with E-state index in [0.29, 0.717) is 0 Å². The van der Waals surface area contributed by atoms with Gasteiger partial charge in [0.25, 0.3) is 5.92 Å². The molecule has 3 rings (SSSR count). The number of anilines is 1. The van der Waals surface area contributed by atoms with E-state index in [1.807, 2.05) is 0 Å². The Labute approximate surface area is 130 Å². The van der Waals surface area contributed by atoms with Crippen LogP contribution in [0, 0.1) is 11.6 Å². The van der Waals surface area contributed by atoms with Gasteiger partial charge in [-0.25, -0.2) is 17.6 Å². The molecule has 0 radical (unpaired) electrons. The van der Waals surface area contributed by atoms with Gasteiger partial charge in [-0.2, -0.15) is 0 Å². The Kier molecular flexibility index (Phi) is 3.97. The molecule has 1 atom stereocenters. The molecule has 0 aliphatic carbocycles. The van der Waals surface area contributed by atoms with Crippen LogP contribution in [0.25, 0.3) is 11.1 Å². The van der Waals surface area contributed by atoms with Crippen LogP contribution in [0.5, 0.6) is 0 Å². The fraction of sp³-hybridized carbons (Fsp3) is 0.312. The Bertz CT molecular complexity index is 726. The second-order valence-electron chi connectivity index (χ2n) is 5.48. The molecule has 0 unspecified atom stereocenters. The zero-order chi connectivity index (χ0) is 16.6. The third kappa shape index (κ3) is 3.14. The third-order valence-electron chi connectivity index (χ3n) is 3.81. The van der Waals surface area contributed by atoms with Gasteiger partial charge in [0.2, 0.25) is 0 Å². The number of pyridine rings is 1. The molecule has 1 aromatic heterocycles. The number of rotatable bonds is 2. The number of nitrogens with two attached hydrogens (primary N) is 1. The van der Waals surface area contributed by atoms with E-state index in [0.717, 1.165) is 18.2 Å². The van der Waals surface area contributed by atoms with Crippen LogP contribution in [0.4, 0.5) is 23.2 Å². The number of alkyl halides is 2. The zero-order valence-electron chi connectivity index (χ0n) is 12.0. The Morgan fingerprint density at radius 2 is 1.96 bits per heavy atom. The lowest BCUT2D eigenvalue weighted by Gasteiger charge is -2.29. The maximum atomic E-state index is 13.9. The van der Waals surface area contributed by atoms with E-state index in [-0.39, 0.29) is 35.3 Å². The average Bonchev–Trinajstić information content (AvgIpc) is 2.51. The Hall–Kier alpha value is -2.15. The number of nitrogen functional groups attached to an aromatic ring is 1. The maximum absolute atomic E-state index is 13.9. The number of hydrogen-bond donors (Lipinski definition) is 1. The monoisotopic (exact) mass is 326 g/mol. The zero-order valence-corrected chi connectivity index (χ0v) is 12.0. The second-order valence-corrected chi connectivity index (χ2v) is 5.48. The molecule has 0 bridgehead atoms. The topological polar surface area (TPSA) is 48.1 Å². The number of ether oxygens (including phenoxy) is 1. The van der Waals surface area contributed by atoms with Crippen LogP contribution in [-0.4, -0.2) is 17.5 Å². The van der Waals surface area contributed by atoms with E-state index in [9.17, 15) is 17.6 Å². The molecule has 7 heteroatoms. The van der Waals surface area contributed by atoms with Crippen LogP contribution in [0.15, 0.2) is 30.5 Å². The molecular formula is C16H14F4N2O. The minimum absolute atomic E-state index is 0.00714. The van der Waals surface area contributed by atoms with Gasteiger partial charge >= 0.3 is 0 Å². The standard InChI is InChI=1S/C16H14F4N2O/c17-9-1-2-12(18)11(7-9)10-4-6-22-15(14(10)21)13-3-5-16(19,20)8-23-13/h1-2,4,6-7,13H,3,5,8,21H2/t13-/m1/s1. The van der Waals surface area contributed by atoms with E-state index in [4.69, 9.17) is 10.5 Å². The molecular weight excluding hydrogens is 312 g/mol. The summed E-state index contributed by atoms with van der Waals surface area (Å²) in [5.74, 6) is -4.10. The molecule has 2 heterocycles. The lowest BCUT2D eigenvalue weighted by Crippen LogP contribution is -2.31. The van der Waals surface area contributed by atoms with Crippen molar-refractivity contribution in [3.8, 4) is 11.1 Å². The van der Waals surface area contributed by atoms with Crippen LogP contribution >= 0.6 is 0 Å². The van der Waals surface area contributed by atoms with Crippen molar-refractivity contribution in [2.45, 2.75) is 24.9 Å². The molecule has 23 heavy (non-hydrogen) atoms. The molecule has 1 fully saturated rings. The van der Waals surface area contributed by atoms with E-state index in [2.05, 4.69) is 4.98 Å². The highest BCUT2D eigenvalue weighted by Crippen LogP contribution is 2.39. The third-order valence-corrected chi connectivity index (χ3v) is 3.81. The van der Waals surface area contributed by atoms with Crippen molar-refractivity contribution in [2.75, 3.05) is 12.3 Å². The molecule has 2 aromatic rings. The number of halogens is 4. The van der Waals surface area contributed by atoms with Crippen molar-refractivity contribution in [3.63, 3.8) is 0 Å². The largest absolute Gasteiger partial charge is 0.397 e. The highest BCUT2D eigenvalue weighted by atomic mass is 19.3. The van der Waals surface area contributed by atoms with Crippen LogP contribution in [0.3, 0.4) is 0 Å². The van der Waals surface area contributed by atoms with Crippen molar-refractivity contribution in [2.24, 2.45) is 0 Å². The molecule has 0 amide bonds. The van der Waals surface area contributed by atoms with Crippen LogP contribution in [0.2, 0.25) is 0 Å². The number of benzene rings is 1. The Morgan fingerprint density at radius 1 is 1.17 bits per heavy atom. The van der Waals surface area contributed by atoms with E-state index in [1.165, 1.54) is 12.3 Å². The quantitative estimate of drug-likeness (QED) is 0.846. The molecule has 0 saturated carbocycles. The predicted molar refractivity (Wildman–Crippen MR) is 76.9 cm³/mol.